The van der Waals surface area contributed by atoms with E-state index in [1.54, 1.807) is 24.3 Å². The predicted molar refractivity (Wildman–Crippen MR) is 89.0 cm³/mol. The van der Waals surface area contributed by atoms with Gasteiger partial charge in [0.2, 0.25) is 11.8 Å². The van der Waals surface area contributed by atoms with E-state index < -0.39 is 41.3 Å². The van der Waals surface area contributed by atoms with Crippen molar-refractivity contribution in [3.05, 3.63) is 48.0 Å². The van der Waals surface area contributed by atoms with Crippen LogP contribution in [-0.4, -0.2) is 51.0 Å². The van der Waals surface area contributed by atoms with E-state index in [1.165, 1.54) is 16.7 Å². The zero-order chi connectivity index (χ0) is 17.4. The number of nitrogens with zero attached hydrogens (tertiary/aromatic N) is 1. The van der Waals surface area contributed by atoms with Crippen molar-refractivity contribution < 1.29 is 19.5 Å². The van der Waals surface area contributed by atoms with Gasteiger partial charge in [0.15, 0.2) is 6.04 Å². The molecular weight excluding hydrogens is 330 g/mol. The molecule has 2 amide bonds. The van der Waals surface area contributed by atoms with Crippen LogP contribution in [0.15, 0.2) is 42.5 Å². The number of rotatable bonds is 4. The molecule has 4 atom stereocenters. The molecule has 0 aromatic heterocycles. The molecule has 0 bridgehead atoms. The van der Waals surface area contributed by atoms with Crippen molar-refractivity contribution in [1.82, 2.24) is 10.2 Å². The number of nitrogens with one attached hydrogen (secondary N) is 1. The number of carbonyl (C=O) groups is 3. The number of nitrogens with two attached hydrogens (primary N) is 1. The summed E-state index contributed by atoms with van der Waals surface area (Å²) in [7, 11) is 0. The molecule has 0 saturated carbocycles. The highest BCUT2D eigenvalue weighted by Gasteiger charge is 2.56. The number of carboxylic acids is 1. The monoisotopic (exact) mass is 347 g/mol. The molecule has 1 aromatic carbocycles. The SMILES string of the molecule is C=C1CS[C@@H]2[C@H](NC(=O)[C@@H](N)c3ccccc3)C(=O)N2[C@@H]1C(=O)O. The van der Waals surface area contributed by atoms with Gasteiger partial charge in [-0.05, 0) is 11.1 Å². The van der Waals surface area contributed by atoms with Crippen molar-refractivity contribution in [2.24, 2.45) is 5.73 Å². The van der Waals surface area contributed by atoms with Gasteiger partial charge in [-0.2, -0.15) is 0 Å². The Morgan fingerprint density at radius 1 is 1.38 bits per heavy atom. The molecule has 2 saturated heterocycles. The van der Waals surface area contributed by atoms with Crippen LogP contribution in [0.25, 0.3) is 0 Å². The maximum Gasteiger partial charge on any atom is 0.330 e. The van der Waals surface area contributed by atoms with Crippen molar-refractivity contribution in [2.75, 3.05) is 5.75 Å². The van der Waals surface area contributed by atoms with E-state index in [4.69, 9.17) is 5.73 Å². The summed E-state index contributed by atoms with van der Waals surface area (Å²) in [6.07, 6.45) is 0. The van der Waals surface area contributed by atoms with Crippen LogP contribution in [0.1, 0.15) is 11.6 Å². The Morgan fingerprint density at radius 2 is 2.04 bits per heavy atom. The Morgan fingerprint density at radius 3 is 2.67 bits per heavy atom. The summed E-state index contributed by atoms with van der Waals surface area (Å²) >= 11 is 1.39. The van der Waals surface area contributed by atoms with Crippen LogP contribution in [0.5, 0.6) is 0 Å². The summed E-state index contributed by atoms with van der Waals surface area (Å²) in [6.45, 7) is 3.72. The van der Waals surface area contributed by atoms with Crippen LogP contribution in [0.2, 0.25) is 0 Å². The Bertz CT molecular complexity index is 709. The van der Waals surface area contributed by atoms with Gasteiger partial charge in [-0.15, -0.1) is 11.8 Å². The number of aliphatic carboxylic acids is 1. The minimum Gasteiger partial charge on any atom is -0.479 e. The van der Waals surface area contributed by atoms with Gasteiger partial charge in [-0.1, -0.05) is 36.9 Å². The van der Waals surface area contributed by atoms with Crippen LogP contribution in [0.3, 0.4) is 0 Å². The average molecular weight is 347 g/mol. The Hall–Kier alpha value is -2.32. The van der Waals surface area contributed by atoms with Gasteiger partial charge in [-0.25, -0.2) is 4.79 Å². The fourth-order valence-electron chi connectivity index (χ4n) is 2.89. The van der Waals surface area contributed by atoms with E-state index in [9.17, 15) is 19.5 Å². The van der Waals surface area contributed by atoms with Crippen LogP contribution in [0.4, 0.5) is 0 Å². The Labute approximate surface area is 142 Å². The van der Waals surface area contributed by atoms with Gasteiger partial charge in [0.25, 0.3) is 0 Å². The number of hydrogen-bond acceptors (Lipinski definition) is 5. The van der Waals surface area contributed by atoms with Crippen molar-refractivity contribution >= 4 is 29.5 Å². The molecule has 0 unspecified atom stereocenters. The number of amides is 2. The summed E-state index contributed by atoms with van der Waals surface area (Å²) in [4.78, 5) is 37.2. The van der Waals surface area contributed by atoms with Gasteiger partial charge >= 0.3 is 5.97 Å². The standard InChI is InChI=1S/C16H17N3O4S/c1-8-7-24-15-11(14(21)19(15)12(8)16(22)23)18-13(20)10(17)9-5-3-2-4-6-9/h2-6,10-12,15H,1,7,17H2,(H,18,20)(H,22,23)/t10-,11+,12-,15+/m0/s1. The van der Waals surface area contributed by atoms with Crippen LogP contribution in [-0.2, 0) is 14.4 Å². The first-order valence-electron chi connectivity index (χ1n) is 7.37. The normalized spacial score (nSPS) is 27.0. The molecule has 0 spiro atoms. The molecule has 8 heteroatoms. The molecule has 4 N–H and O–H groups in total. The third kappa shape index (κ3) is 2.67. The molecule has 0 aliphatic carbocycles. The molecular formula is C16H17N3O4S. The molecule has 1 aromatic rings. The second-order valence-electron chi connectivity index (χ2n) is 5.72. The lowest BCUT2D eigenvalue weighted by Crippen LogP contribution is -2.74. The topological polar surface area (TPSA) is 113 Å². The highest BCUT2D eigenvalue weighted by atomic mass is 32.2. The molecule has 126 valence electrons. The molecule has 2 aliphatic rings. The Kier molecular flexibility index (Phi) is 4.33. The van der Waals surface area contributed by atoms with E-state index >= 15 is 0 Å². The molecule has 3 rings (SSSR count). The largest absolute Gasteiger partial charge is 0.479 e. The number of benzene rings is 1. The third-order valence-corrected chi connectivity index (χ3v) is 5.54. The van der Waals surface area contributed by atoms with Gasteiger partial charge in [0, 0.05) is 5.75 Å². The summed E-state index contributed by atoms with van der Waals surface area (Å²) in [5.41, 5.74) is 7.04. The summed E-state index contributed by atoms with van der Waals surface area (Å²) in [5.74, 6) is -1.56. The molecule has 0 radical (unpaired) electrons. The molecule has 2 fully saturated rings. The fraction of sp³-hybridized carbons (Fsp3) is 0.312. The predicted octanol–water partition coefficient (Wildman–Crippen LogP) is 0.0957. The quantitative estimate of drug-likeness (QED) is 0.526. The summed E-state index contributed by atoms with van der Waals surface area (Å²) in [5, 5.41) is 11.5. The minimum atomic E-state index is -1.11. The lowest BCUT2D eigenvalue weighted by Gasteiger charge is -2.52. The van der Waals surface area contributed by atoms with E-state index in [-0.39, 0.29) is 0 Å². The smallest absolute Gasteiger partial charge is 0.330 e. The van der Waals surface area contributed by atoms with Crippen LogP contribution in [0, 0.1) is 0 Å². The average Bonchev–Trinajstić information content (AvgIpc) is 2.59. The van der Waals surface area contributed by atoms with E-state index in [0.717, 1.165) is 0 Å². The van der Waals surface area contributed by atoms with Gasteiger partial charge in [0.05, 0.1) is 0 Å². The lowest BCUT2D eigenvalue weighted by atomic mass is 9.98. The summed E-state index contributed by atoms with van der Waals surface area (Å²) < 4.78 is 0. The van der Waals surface area contributed by atoms with Gasteiger partial charge in [-0.3, -0.25) is 9.59 Å². The van der Waals surface area contributed by atoms with Gasteiger partial charge in [0.1, 0.15) is 17.5 Å². The maximum absolute atomic E-state index is 12.3. The maximum atomic E-state index is 12.3. The van der Waals surface area contributed by atoms with Gasteiger partial charge < -0.3 is 21.1 Å². The van der Waals surface area contributed by atoms with E-state index in [0.29, 0.717) is 16.9 Å². The lowest BCUT2D eigenvalue weighted by molar-refractivity contribution is -0.160. The molecule has 2 aliphatic heterocycles. The molecule has 2 heterocycles. The first kappa shape index (κ1) is 16.5. The Balaban J connectivity index is 1.69. The number of carboxylic acid groups (broad SMARTS) is 1. The molecule has 7 nitrogen and oxygen atoms in total. The first-order valence-corrected chi connectivity index (χ1v) is 8.42. The fourth-order valence-corrected chi connectivity index (χ4v) is 4.19. The highest BCUT2D eigenvalue weighted by Crippen LogP contribution is 2.40. The number of thioether (sulfide) groups is 1. The van der Waals surface area contributed by atoms with Crippen molar-refractivity contribution in [3.8, 4) is 0 Å². The number of β-lactam (4-membered cyclic amide) rings is 1. The number of hydrogen-bond donors (Lipinski definition) is 3. The minimum absolute atomic E-state index is 0.406. The van der Waals surface area contributed by atoms with E-state index in [2.05, 4.69) is 11.9 Å². The van der Waals surface area contributed by atoms with Crippen molar-refractivity contribution in [3.63, 3.8) is 0 Å². The zero-order valence-corrected chi connectivity index (χ0v) is 13.5. The van der Waals surface area contributed by atoms with E-state index in [1.807, 2.05) is 6.07 Å². The molecule has 24 heavy (non-hydrogen) atoms. The third-order valence-electron chi connectivity index (χ3n) is 4.16. The van der Waals surface area contributed by atoms with Crippen LogP contribution >= 0.6 is 11.8 Å². The van der Waals surface area contributed by atoms with Crippen molar-refractivity contribution in [2.45, 2.75) is 23.5 Å². The number of carbonyl (C=O) groups excluding carboxylic acids is 2. The first-order chi connectivity index (χ1) is 11.4. The summed E-state index contributed by atoms with van der Waals surface area (Å²) in [6, 6.07) is 6.17. The zero-order valence-electron chi connectivity index (χ0n) is 12.7. The van der Waals surface area contributed by atoms with Crippen molar-refractivity contribution in [1.29, 1.82) is 0 Å². The second-order valence-corrected chi connectivity index (χ2v) is 6.83. The van der Waals surface area contributed by atoms with Crippen LogP contribution < -0.4 is 11.1 Å². The number of fused-ring (bicyclic) bond motifs is 1. The second kappa shape index (κ2) is 6.29. The highest BCUT2D eigenvalue weighted by molar-refractivity contribution is 8.00.